The van der Waals surface area contributed by atoms with Crippen LogP contribution in [0.3, 0.4) is 0 Å². The molecule has 1 aliphatic heterocycles. The van der Waals surface area contributed by atoms with E-state index in [2.05, 4.69) is 40.2 Å². The van der Waals surface area contributed by atoms with Crippen LogP contribution in [0.5, 0.6) is 0 Å². The third-order valence-electron chi connectivity index (χ3n) is 6.04. The van der Waals surface area contributed by atoms with E-state index in [1.54, 1.807) is 0 Å². The van der Waals surface area contributed by atoms with Crippen molar-refractivity contribution in [1.29, 1.82) is 0 Å². The predicted octanol–water partition coefficient (Wildman–Crippen LogP) is 5.15. The lowest BCUT2D eigenvalue weighted by molar-refractivity contribution is 0.0488. The number of hydrogen-bond acceptors (Lipinski definition) is 4. The molecule has 0 bridgehead atoms. The fourth-order valence-electron chi connectivity index (χ4n) is 4.49. The monoisotopic (exact) mass is 368 g/mol. The van der Waals surface area contributed by atoms with Gasteiger partial charge < -0.3 is 9.15 Å². The highest BCUT2D eigenvalue weighted by Gasteiger charge is 2.22. The largest absolute Gasteiger partial charge is 0.444 e. The number of rotatable bonds is 7. The number of ether oxygens (including phenoxy) is 1. The fourth-order valence-corrected chi connectivity index (χ4v) is 4.49. The van der Waals surface area contributed by atoms with Gasteiger partial charge in [0.2, 0.25) is 5.89 Å². The average Bonchev–Trinajstić information content (AvgIpc) is 3.19. The molecule has 0 N–H and O–H groups in total. The maximum atomic E-state index is 6.20. The van der Waals surface area contributed by atoms with Gasteiger partial charge >= 0.3 is 0 Å². The summed E-state index contributed by atoms with van der Waals surface area (Å²) in [6.07, 6.45) is 10.8. The van der Waals surface area contributed by atoms with Crippen LogP contribution >= 0.6 is 0 Å². The van der Waals surface area contributed by atoms with Gasteiger partial charge in [-0.15, -0.1) is 0 Å². The van der Waals surface area contributed by atoms with Gasteiger partial charge in [-0.3, -0.25) is 4.90 Å². The molecule has 0 unspecified atom stereocenters. The summed E-state index contributed by atoms with van der Waals surface area (Å²) in [5.41, 5.74) is 1.35. The number of aromatic nitrogens is 1. The van der Waals surface area contributed by atoms with Crippen LogP contribution < -0.4 is 0 Å². The Morgan fingerprint density at radius 3 is 2.48 bits per heavy atom. The van der Waals surface area contributed by atoms with E-state index in [4.69, 9.17) is 9.15 Å². The molecule has 0 radical (unpaired) electrons. The van der Waals surface area contributed by atoms with Crippen molar-refractivity contribution in [1.82, 2.24) is 9.88 Å². The Bertz CT molecular complexity index is 673. The Labute approximate surface area is 162 Å². The topological polar surface area (TPSA) is 38.5 Å². The zero-order valence-electron chi connectivity index (χ0n) is 16.3. The molecule has 2 aromatic rings. The molecule has 4 heteroatoms. The normalized spacial score (nSPS) is 19.6. The molecule has 2 aliphatic rings. The first-order valence-corrected chi connectivity index (χ1v) is 10.7. The fraction of sp³-hybridized carbons (Fsp3) is 0.609. The summed E-state index contributed by atoms with van der Waals surface area (Å²) in [4.78, 5) is 7.13. The van der Waals surface area contributed by atoms with Gasteiger partial charge in [-0.05, 0) is 37.2 Å². The minimum atomic E-state index is 0.582. The van der Waals surface area contributed by atoms with Crippen molar-refractivity contribution in [2.45, 2.75) is 64.0 Å². The molecule has 0 atom stereocenters. The second-order valence-corrected chi connectivity index (χ2v) is 8.20. The summed E-state index contributed by atoms with van der Waals surface area (Å²) in [6.45, 7) is 4.61. The highest BCUT2D eigenvalue weighted by molar-refractivity contribution is 5.14. The highest BCUT2D eigenvalue weighted by Crippen LogP contribution is 2.33. The minimum Gasteiger partial charge on any atom is -0.444 e. The number of nitrogens with zero attached hydrogens (tertiary/aromatic N) is 2. The first-order chi connectivity index (χ1) is 13.4. The van der Waals surface area contributed by atoms with Crippen LogP contribution in [0.15, 0.2) is 40.9 Å². The minimum absolute atomic E-state index is 0.582. The van der Waals surface area contributed by atoms with E-state index >= 15 is 0 Å². The Morgan fingerprint density at radius 1 is 0.926 bits per heavy atom. The van der Waals surface area contributed by atoms with E-state index in [1.165, 1.54) is 37.7 Å². The lowest BCUT2D eigenvalue weighted by atomic mass is 9.88. The Morgan fingerprint density at radius 2 is 1.70 bits per heavy atom. The predicted molar refractivity (Wildman–Crippen MR) is 106 cm³/mol. The Kier molecular flexibility index (Phi) is 6.59. The maximum absolute atomic E-state index is 6.20. The van der Waals surface area contributed by atoms with Crippen LogP contribution in [0.2, 0.25) is 0 Å². The van der Waals surface area contributed by atoms with Gasteiger partial charge in [-0.2, -0.15) is 0 Å². The molecule has 0 amide bonds. The van der Waals surface area contributed by atoms with Gasteiger partial charge in [0.15, 0.2) is 0 Å². The van der Waals surface area contributed by atoms with Gasteiger partial charge in [-0.1, -0.05) is 49.6 Å². The molecule has 1 aromatic heterocycles. The molecule has 1 saturated heterocycles. The van der Waals surface area contributed by atoms with Crippen LogP contribution in [0, 0.1) is 5.92 Å². The van der Waals surface area contributed by atoms with Crippen molar-refractivity contribution in [3.8, 4) is 0 Å². The molecule has 1 aromatic carbocycles. The van der Waals surface area contributed by atoms with Crippen LogP contribution in [-0.4, -0.2) is 29.6 Å². The van der Waals surface area contributed by atoms with Gasteiger partial charge in [0.25, 0.3) is 0 Å². The van der Waals surface area contributed by atoms with Gasteiger partial charge in [0.1, 0.15) is 5.76 Å². The number of oxazole rings is 1. The molecule has 4 nitrogen and oxygen atoms in total. The lowest BCUT2D eigenvalue weighted by Crippen LogP contribution is -2.32. The highest BCUT2D eigenvalue weighted by atomic mass is 16.5. The van der Waals surface area contributed by atoms with Crippen molar-refractivity contribution >= 4 is 0 Å². The van der Waals surface area contributed by atoms with Gasteiger partial charge in [0.05, 0.1) is 12.7 Å². The zero-order chi connectivity index (χ0) is 18.3. The SMILES string of the molecule is c1ccc(CN(Cc2ncc(C3CCCCC3)o2)CC2CCOCC2)cc1. The molecule has 2 heterocycles. The third kappa shape index (κ3) is 5.43. The van der Waals surface area contributed by atoms with Crippen LogP contribution in [0.4, 0.5) is 0 Å². The van der Waals surface area contributed by atoms with E-state index in [1.807, 2.05) is 6.20 Å². The number of hydrogen-bond donors (Lipinski definition) is 0. The molecule has 0 spiro atoms. The second kappa shape index (κ2) is 9.52. The summed E-state index contributed by atoms with van der Waals surface area (Å²) in [5, 5.41) is 0. The Balaban J connectivity index is 1.42. The molecular formula is C23H32N2O2. The van der Waals surface area contributed by atoms with Crippen LogP contribution in [-0.2, 0) is 17.8 Å². The van der Waals surface area contributed by atoms with Crippen molar-refractivity contribution in [3.05, 3.63) is 53.7 Å². The quantitative estimate of drug-likeness (QED) is 0.677. The average molecular weight is 369 g/mol. The summed E-state index contributed by atoms with van der Waals surface area (Å²) in [6, 6.07) is 10.7. The number of benzene rings is 1. The van der Waals surface area contributed by atoms with Crippen molar-refractivity contribution in [3.63, 3.8) is 0 Å². The van der Waals surface area contributed by atoms with E-state index in [9.17, 15) is 0 Å². The Hall–Kier alpha value is -1.65. The first kappa shape index (κ1) is 18.7. The first-order valence-electron chi connectivity index (χ1n) is 10.7. The maximum Gasteiger partial charge on any atom is 0.208 e. The van der Waals surface area contributed by atoms with Gasteiger partial charge in [0, 0.05) is 32.2 Å². The van der Waals surface area contributed by atoms with E-state index in [-0.39, 0.29) is 0 Å². The molecule has 4 rings (SSSR count). The summed E-state index contributed by atoms with van der Waals surface area (Å²) >= 11 is 0. The van der Waals surface area contributed by atoms with Gasteiger partial charge in [-0.25, -0.2) is 4.98 Å². The van der Waals surface area contributed by atoms with E-state index in [0.717, 1.165) is 57.3 Å². The summed E-state index contributed by atoms with van der Waals surface area (Å²) in [5.74, 6) is 3.27. The van der Waals surface area contributed by atoms with E-state index < -0.39 is 0 Å². The smallest absolute Gasteiger partial charge is 0.208 e. The molecule has 1 saturated carbocycles. The summed E-state index contributed by atoms with van der Waals surface area (Å²) in [7, 11) is 0. The third-order valence-corrected chi connectivity index (χ3v) is 6.04. The van der Waals surface area contributed by atoms with Crippen molar-refractivity contribution in [2.75, 3.05) is 19.8 Å². The zero-order valence-corrected chi connectivity index (χ0v) is 16.3. The second-order valence-electron chi connectivity index (χ2n) is 8.20. The van der Waals surface area contributed by atoms with Crippen LogP contribution in [0.25, 0.3) is 0 Å². The molecule has 146 valence electrons. The molecule has 1 aliphatic carbocycles. The van der Waals surface area contributed by atoms with E-state index in [0.29, 0.717) is 11.8 Å². The molecular weight excluding hydrogens is 336 g/mol. The molecule has 2 fully saturated rings. The van der Waals surface area contributed by atoms with Crippen molar-refractivity contribution in [2.24, 2.45) is 5.92 Å². The molecule has 27 heavy (non-hydrogen) atoms. The van der Waals surface area contributed by atoms with Crippen molar-refractivity contribution < 1.29 is 9.15 Å². The lowest BCUT2D eigenvalue weighted by Gasteiger charge is -2.29. The summed E-state index contributed by atoms with van der Waals surface area (Å²) < 4.78 is 11.7. The standard InChI is InChI=1S/C23H32N2O2/c1-3-7-19(8-4-1)16-25(17-20-11-13-26-14-12-20)18-23-24-15-22(27-23)21-9-5-2-6-10-21/h1,3-4,7-8,15,20-21H,2,5-6,9-14,16-18H2. The van der Waals surface area contributed by atoms with Crippen LogP contribution in [0.1, 0.15) is 68.1 Å².